The Morgan fingerprint density at radius 3 is 2.58 bits per heavy atom. The largest absolute Gasteiger partial charge is 0.469 e. The fourth-order valence-corrected chi connectivity index (χ4v) is 4.65. The lowest BCUT2D eigenvalue weighted by molar-refractivity contribution is -0.149. The topological polar surface area (TPSA) is 78.9 Å². The number of ether oxygens (including phenoxy) is 1. The average Bonchev–Trinajstić information content (AvgIpc) is 2.81. The molecule has 2 saturated heterocycles. The highest BCUT2D eigenvalue weighted by Crippen LogP contribution is 2.24. The van der Waals surface area contributed by atoms with Crippen molar-refractivity contribution in [3.05, 3.63) is 48.0 Å². The number of fused-ring (bicyclic) bond motifs is 1. The number of hydrogen-bond acceptors (Lipinski definition) is 5. The molecular weight excluding hydrogens is 394 g/mol. The first kappa shape index (κ1) is 21.3. The Bertz CT molecular complexity index is 963. The van der Waals surface area contributed by atoms with Crippen LogP contribution in [-0.2, 0) is 25.7 Å². The molecule has 2 fully saturated rings. The van der Waals surface area contributed by atoms with Crippen molar-refractivity contribution in [1.29, 1.82) is 0 Å². The maximum absolute atomic E-state index is 13.0. The van der Waals surface area contributed by atoms with Gasteiger partial charge in [0.1, 0.15) is 0 Å². The first-order valence-electron chi connectivity index (χ1n) is 10.9. The highest BCUT2D eigenvalue weighted by atomic mass is 16.5. The van der Waals surface area contributed by atoms with E-state index >= 15 is 0 Å². The number of nitrogens with zero attached hydrogens (tertiary/aromatic N) is 2. The van der Waals surface area contributed by atoms with Crippen molar-refractivity contribution < 1.29 is 19.1 Å². The molecule has 0 aromatic heterocycles. The Labute approximate surface area is 182 Å². The van der Waals surface area contributed by atoms with Crippen molar-refractivity contribution >= 4 is 28.6 Å². The highest BCUT2D eigenvalue weighted by molar-refractivity contribution is 5.89. The third-order valence-corrected chi connectivity index (χ3v) is 6.45. The number of likely N-dealkylation sites (tertiary alicyclic amines) is 1. The molecule has 0 aliphatic carbocycles. The maximum atomic E-state index is 13.0. The quantitative estimate of drug-likeness (QED) is 0.744. The SMILES string of the molecule is COC(=O)C1CCN(C(=O)C[C@@H]2C(=O)NCCN2Cc2cccc3ccccc23)CC1. The summed E-state index contributed by atoms with van der Waals surface area (Å²) >= 11 is 0. The van der Waals surface area contributed by atoms with Crippen LogP contribution < -0.4 is 5.32 Å². The summed E-state index contributed by atoms with van der Waals surface area (Å²) in [6, 6.07) is 13.9. The Morgan fingerprint density at radius 1 is 1.06 bits per heavy atom. The van der Waals surface area contributed by atoms with E-state index in [1.54, 1.807) is 4.90 Å². The molecule has 0 unspecified atom stereocenters. The second kappa shape index (κ2) is 9.47. The van der Waals surface area contributed by atoms with Crippen molar-refractivity contribution in [1.82, 2.24) is 15.1 Å². The van der Waals surface area contributed by atoms with Crippen LogP contribution in [0.5, 0.6) is 0 Å². The van der Waals surface area contributed by atoms with E-state index in [9.17, 15) is 14.4 Å². The standard InChI is InChI=1S/C24H29N3O4/c1-31-24(30)18-9-12-26(13-10-18)22(28)15-21-23(29)25-11-14-27(21)16-19-7-4-6-17-5-2-3-8-20(17)19/h2-8,18,21H,9-16H2,1H3,(H,25,29)/t21-/m1/s1. The number of piperazine rings is 1. The Morgan fingerprint density at radius 2 is 1.81 bits per heavy atom. The zero-order chi connectivity index (χ0) is 21.8. The first-order valence-corrected chi connectivity index (χ1v) is 10.9. The van der Waals surface area contributed by atoms with E-state index in [0.29, 0.717) is 45.6 Å². The predicted molar refractivity (Wildman–Crippen MR) is 117 cm³/mol. The van der Waals surface area contributed by atoms with Crippen LogP contribution in [0.1, 0.15) is 24.8 Å². The van der Waals surface area contributed by atoms with Crippen molar-refractivity contribution in [3.63, 3.8) is 0 Å². The number of piperidine rings is 1. The Hall–Kier alpha value is -2.93. The molecule has 0 bridgehead atoms. The van der Waals surface area contributed by atoms with Crippen LogP contribution in [0.4, 0.5) is 0 Å². The molecule has 2 heterocycles. The van der Waals surface area contributed by atoms with E-state index in [-0.39, 0.29) is 30.1 Å². The predicted octanol–water partition coefficient (Wildman–Crippen LogP) is 1.94. The monoisotopic (exact) mass is 423 g/mol. The molecule has 4 rings (SSSR count). The van der Waals surface area contributed by atoms with Crippen LogP contribution in [0.25, 0.3) is 10.8 Å². The van der Waals surface area contributed by atoms with Gasteiger partial charge in [-0.05, 0) is 29.2 Å². The fourth-order valence-electron chi connectivity index (χ4n) is 4.65. The first-order chi connectivity index (χ1) is 15.1. The molecule has 0 spiro atoms. The molecule has 2 amide bonds. The maximum Gasteiger partial charge on any atom is 0.308 e. The van der Waals surface area contributed by atoms with Crippen molar-refractivity contribution in [2.75, 3.05) is 33.3 Å². The lowest BCUT2D eigenvalue weighted by atomic mass is 9.96. The number of hydrogen-bond donors (Lipinski definition) is 1. The number of benzene rings is 2. The summed E-state index contributed by atoms with van der Waals surface area (Å²) < 4.78 is 4.82. The van der Waals surface area contributed by atoms with E-state index in [0.717, 1.165) is 5.56 Å². The molecule has 1 N–H and O–H groups in total. The number of nitrogens with one attached hydrogen (secondary N) is 1. The molecule has 2 aromatic rings. The van der Waals surface area contributed by atoms with Crippen molar-refractivity contribution in [3.8, 4) is 0 Å². The van der Waals surface area contributed by atoms with Gasteiger partial charge < -0.3 is 15.0 Å². The van der Waals surface area contributed by atoms with Gasteiger partial charge in [-0.25, -0.2) is 0 Å². The van der Waals surface area contributed by atoms with Crippen LogP contribution in [-0.4, -0.2) is 66.9 Å². The molecule has 2 aliphatic heterocycles. The summed E-state index contributed by atoms with van der Waals surface area (Å²) in [6.45, 7) is 2.96. The molecule has 7 nitrogen and oxygen atoms in total. The zero-order valence-electron chi connectivity index (χ0n) is 17.9. The summed E-state index contributed by atoms with van der Waals surface area (Å²) in [7, 11) is 1.39. The Kier molecular flexibility index (Phi) is 6.51. The molecule has 0 radical (unpaired) electrons. The minimum Gasteiger partial charge on any atom is -0.469 e. The lowest BCUT2D eigenvalue weighted by Gasteiger charge is -2.37. The van der Waals surface area contributed by atoms with Gasteiger partial charge in [-0.15, -0.1) is 0 Å². The van der Waals surface area contributed by atoms with Crippen molar-refractivity contribution in [2.24, 2.45) is 5.92 Å². The normalized spacial score (nSPS) is 20.5. The number of carbonyl (C=O) groups is 3. The number of carbonyl (C=O) groups excluding carboxylic acids is 3. The smallest absolute Gasteiger partial charge is 0.308 e. The molecule has 164 valence electrons. The lowest BCUT2D eigenvalue weighted by Crippen LogP contribution is -2.56. The fraction of sp³-hybridized carbons (Fsp3) is 0.458. The molecule has 2 aromatic carbocycles. The summed E-state index contributed by atoms with van der Waals surface area (Å²) in [5.41, 5.74) is 1.16. The molecule has 2 aliphatic rings. The summed E-state index contributed by atoms with van der Waals surface area (Å²) in [4.78, 5) is 41.3. The summed E-state index contributed by atoms with van der Waals surface area (Å²) in [5, 5.41) is 5.25. The average molecular weight is 424 g/mol. The zero-order valence-corrected chi connectivity index (χ0v) is 17.9. The van der Waals surface area contributed by atoms with Crippen LogP contribution in [0.3, 0.4) is 0 Å². The molecule has 0 saturated carbocycles. The van der Waals surface area contributed by atoms with Gasteiger partial charge in [-0.3, -0.25) is 19.3 Å². The van der Waals surface area contributed by atoms with Gasteiger partial charge in [-0.1, -0.05) is 42.5 Å². The van der Waals surface area contributed by atoms with E-state index in [1.165, 1.54) is 17.9 Å². The van der Waals surface area contributed by atoms with Crippen LogP contribution in [0.2, 0.25) is 0 Å². The molecule has 31 heavy (non-hydrogen) atoms. The third-order valence-electron chi connectivity index (χ3n) is 6.45. The number of rotatable bonds is 5. The second-order valence-electron chi connectivity index (χ2n) is 8.30. The molecular formula is C24H29N3O4. The minimum absolute atomic E-state index is 0.0340. The van der Waals surface area contributed by atoms with E-state index in [4.69, 9.17) is 4.74 Å². The van der Waals surface area contributed by atoms with Gasteiger partial charge in [0.2, 0.25) is 11.8 Å². The summed E-state index contributed by atoms with van der Waals surface area (Å²) in [5.74, 6) is -0.479. The van der Waals surface area contributed by atoms with Crippen LogP contribution in [0, 0.1) is 5.92 Å². The van der Waals surface area contributed by atoms with Crippen LogP contribution in [0.15, 0.2) is 42.5 Å². The van der Waals surface area contributed by atoms with Gasteiger partial charge in [0.25, 0.3) is 0 Å². The van der Waals surface area contributed by atoms with Gasteiger partial charge >= 0.3 is 5.97 Å². The van der Waals surface area contributed by atoms with Gasteiger partial charge in [-0.2, -0.15) is 0 Å². The third kappa shape index (κ3) is 4.71. The van der Waals surface area contributed by atoms with E-state index < -0.39 is 6.04 Å². The minimum atomic E-state index is -0.487. The molecule has 7 heteroatoms. The summed E-state index contributed by atoms with van der Waals surface area (Å²) in [6.07, 6.45) is 1.36. The van der Waals surface area contributed by atoms with E-state index in [1.807, 2.05) is 18.2 Å². The van der Waals surface area contributed by atoms with Gasteiger partial charge in [0.15, 0.2) is 0 Å². The van der Waals surface area contributed by atoms with Gasteiger partial charge in [0, 0.05) is 32.7 Å². The Balaban J connectivity index is 1.44. The molecule has 1 atom stereocenters. The van der Waals surface area contributed by atoms with Crippen LogP contribution >= 0.6 is 0 Å². The van der Waals surface area contributed by atoms with E-state index in [2.05, 4.69) is 34.5 Å². The number of esters is 1. The van der Waals surface area contributed by atoms with Gasteiger partial charge in [0.05, 0.1) is 25.5 Å². The second-order valence-corrected chi connectivity index (χ2v) is 8.30. The highest BCUT2D eigenvalue weighted by Gasteiger charge is 2.35. The number of amides is 2. The number of methoxy groups -OCH3 is 1. The van der Waals surface area contributed by atoms with Crippen molar-refractivity contribution in [2.45, 2.75) is 31.8 Å².